The average Bonchev–Trinajstić information content (AvgIpc) is 2.26. The van der Waals surface area contributed by atoms with Crippen molar-refractivity contribution in [1.29, 1.82) is 0 Å². The topological polar surface area (TPSA) is 36.4 Å². The lowest BCUT2D eigenvalue weighted by molar-refractivity contribution is 0.199. The summed E-state index contributed by atoms with van der Waals surface area (Å²) in [6.07, 6.45) is 3.67. The first-order chi connectivity index (χ1) is 7.15. The third-order valence-electron chi connectivity index (χ3n) is 2.49. The van der Waals surface area contributed by atoms with Gasteiger partial charge in [-0.05, 0) is 31.0 Å². The Bertz CT molecular complexity index is 299. The van der Waals surface area contributed by atoms with Crippen LogP contribution in [0.15, 0.2) is 18.3 Å². The molecule has 1 aromatic rings. The van der Waals surface area contributed by atoms with Gasteiger partial charge in [0.2, 0.25) is 0 Å². The number of aromatic nitrogens is 1. The highest BCUT2D eigenvalue weighted by atomic mass is 16.3. The van der Waals surface area contributed by atoms with Gasteiger partial charge in [-0.25, -0.2) is 4.98 Å². The fourth-order valence-corrected chi connectivity index (χ4v) is 1.41. The smallest absolute Gasteiger partial charge is 0.128 e. The first kappa shape index (κ1) is 12.0. The normalized spacial score (nSPS) is 12.5. The first-order valence-corrected chi connectivity index (χ1v) is 5.50. The number of rotatable bonds is 5. The number of anilines is 1. The van der Waals surface area contributed by atoms with Gasteiger partial charge in [-0.1, -0.05) is 13.3 Å². The molecule has 3 heteroatoms. The quantitative estimate of drug-likeness (QED) is 0.807. The molecule has 1 N–H and O–H groups in total. The number of hydrogen-bond acceptors (Lipinski definition) is 3. The summed E-state index contributed by atoms with van der Waals surface area (Å²) < 4.78 is 0. The molecule has 84 valence electrons. The van der Waals surface area contributed by atoms with Crippen molar-refractivity contribution in [3.05, 3.63) is 23.9 Å². The van der Waals surface area contributed by atoms with Crippen LogP contribution in [-0.4, -0.2) is 23.7 Å². The Hall–Kier alpha value is -1.09. The summed E-state index contributed by atoms with van der Waals surface area (Å²) in [7, 11) is 2.03. The third-order valence-corrected chi connectivity index (χ3v) is 2.49. The molecule has 0 aliphatic carbocycles. The molecule has 1 aromatic heterocycles. The second-order valence-corrected chi connectivity index (χ2v) is 3.90. The minimum Gasteiger partial charge on any atom is -0.389 e. The molecule has 0 bridgehead atoms. The lowest BCUT2D eigenvalue weighted by Crippen LogP contribution is -2.19. The van der Waals surface area contributed by atoms with Crippen LogP contribution in [0.3, 0.4) is 0 Å². The van der Waals surface area contributed by atoms with E-state index in [0.717, 1.165) is 24.3 Å². The molecule has 0 saturated carbocycles. The van der Waals surface area contributed by atoms with E-state index in [-0.39, 0.29) is 0 Å². The molecule has 15 heavy (non-hydrogen) atoms. The van der Waals surface area contributed by atoms with Crippen molar-refractivity contribution >= 4 is 5.82 Å². The maximum Gasteiger partial charge on any atom is 0.128 e. The van der Waals surface area contributed by atoms with Gasteiger partial charge >= 0.3 is 0 Å². The van der Waals surface area contributed by atoms with Gasteiger partial charge in [0.05, 0.1) is 6.10 Å². The monoisotopic (exact) mass is 208 g/mol. The van der Waals surface area contributed by atoms with Gasteiger partial charge in [-0.2, -0.15) is 0 Å². The van der Waals surface area contributed by atoms with E-state index in [2.05, 4.69) is 16.8 Å². The Balaban J connectivity index is 2.71. The maximum atomic E-state index is 9.46. The van der Waals surface area contributed by atoms with E-state index < -0.39 is 6.10 Å². The number of aliphatic hydroxyl groups is 1. The summed E-state index contributed by atoms with van der Waals surface area (Å²) in [4.78, 5) is 6.41. The van der Waals surface area contributed by atoms with Crippen LogP contribution in [0.25, 0.3) is 0 Å². The summed E-state index contributed by atoms with van der Waals surface area (Å²) in [5, 5.41) is 9.46. The molecule has 1 heterocycles. The molecule has 0 aliphatic heterocycles. The van der Waals surface area contributed by atoms with E-state index in [9.17, 15) is 5.11 Å². The summed E-state index contributed by atoms with van der Waals surface area (Å²) in [6.45, 7) is 4.95. The highest BCUT2D eigenvalue weighted by Gasteiger charge is 2.05. The zero-order chi connectivity index (χ0) is 11.3. The molecule has 0 saturated heterocycles. The van der Waals surface area contributed by atoms with Crippen LogP contribution < -0.4 is 4.90 Å². The molecule has 0 aliphatic rings. The summed E-state index contributed by atoms with van der Waals surface area (Å²) in [5.74, 6) is 0.932. The SMILES string of the molecule is CCCCN(C)c1cc([C@@H](C)O)ccn1. The molecule has 0 spiro atoms. The van der Waals surface area contributed by atoms with Gasteiger partial charge in [0.15, 0.2) is 0 Å². The van der Waals surface area contributed by atoms with Crippen LogP contribution in [0.4, 0.5) is 5.82 Å². The fraction of sp³-hybridized carbons (Fsp3) is 0.583. The summed E-state index contributed by atoms with van der Waals surface area (Å²) in [5.41, 5.74) is 0.920. The zero-order valence-electron chi connectivity index (χ0n) is 9.77. The fourth-order valence-electron chi connectivity index (χ4n) is 1.41. The van der Waals surface area contributed by atoms with E-state index >= 15 is 0 Å². The Morgan fingerprint density at radius 2 is 2.27 bits per heavy atom. The minimum absolute atomic E-state index is 0.425. The second-order valence-electron chi connectivity index (χ2n) is 3.90. The van der Waals surface area contributed by atoms with Crippen LogP contribution in [0.5, 0.6) is 0 Å². The summed E-state index contributed by atoms with van der Waals surface area (Å²) in [6, 6.07) is 3.79. The number of aliphatic hydroxyl groups excluding tert-OH is 1. The molecular formula is C12H20N2O. The van der Waals surface area contributed by atoms with Crippen molar-refractivity contribution in [3.63, 3.8) is 0 Å². The standard InChI is InChI=1S/C12H20N2O/c1-4-5-8-14(3)12-9-11(10(2)15)6-7-13-12/h6-7,9-10,15H,4-5,8H2,1-3H3/t10-/m1/s1. The zero-order valence-corrected chi connectivity index (χ0v) is 9.77. The van der Waals surface area contributed by atoms with Crippen LogP contribution in [0, 0.1) is 0 Å². The molecule has 0 amide bonds. The highest BCUT2D eigenvalue weighted by molar-refractivity contribution is 5.40. The Kier molecular flexibility index (Phi) is 4.56. The van der Waals surface area contributed by atoms with Crippen LogP contribution in [-0.2, 0) is 0 Å². The largest absolute Gasteiger partial charge is 0.389 e. The van der Waals surface area contributed by atoms with Gasteiger partial charge < -0.3 is 10.0 Å². The lowest BCUT2D eigenvalue weighted by Gasteiger charge is -2.18. The lowest BCUT2D eigenvalue weighted by atomic mass is 10.1. The Morgan fingerprint density at radius 3 is 2.87 bits per heavy atom. The van der Waals surface area contributed by atoms with Gasteiger partial charge in [-0.3, -0.25) is 0 Å². The van der Waals surface area contributed by atoms with E-state index in [4.69, 9.17) is 0 Å². The predicted octanol–water partition coefficient (Wildman–Crippen LogP) is 2.37. The van der Waals surface area contributed by atoms with Gasteiger partial charge in [-0.15, -0.1) is 0 Å². The number of unbranched alkanes of at least 4 members (excludes halogenated alkanes) is 1. The van der Waals surface area contributed by atoms with E-state index in [0.29, 0.717) is 0 Å². The second kappa shape index (κ2) is 5.71. The molecular weight excluding hydrogens is 188 g/mol. The predicted molar refractivity (Wildman–Crippen MR) is 63.0 cm³/mol. The van der Waals surface area contributed by atoms with Crippen molar-refractivity contribution in [3.8, 4) is 0 Å². The minimum atomic E-state index is -0.425. The van der Waals surface area contributed by atoms with Gasteiger partial charge in [0, 0.05) is 19.8 Å². The van der Waals surface area contributed by atoms with Gasteiger partial charge in [0.1, 0.15) is 5.82 Å². The van der Waals surface area contributed by atoms with Crippen molar-refractivity contribution in [1.82, 2.24) is 4.98 Å². The number of pyridine rings is 1. The molecule has 0 aromatic carbocycles. The highest BCUT2D eigenvalue weighted by Crippen LogP contribution is 2.17. The van der Waals surface area contributed by atoms with Gasteiger partial charge in [0.25, 0.3) is 0 Å². The first-order valence-electron chi connectivity index (χ1n) is 5.50. The van der Waals surface area contributed by atoms with Crippen LogP contribution >= 0.6 is 0 Å². The van der Waals surface area contributed by atoms with Crippen molar-refractivity contribution in [2.24, 2.45) is 0 Å². The Labute approximate surface area is 91.8 Å². The van der Waals surface area contributed by atoms with Crippen molar-refractivity contribution in [2.75, 3.05) is 18.5 Å². The van der Waals surface area contributed by atoms with Crippen LogP contribution in [0.1, 0.15) is 38.4 Å². The number of hydrogen-bond donors (Lipinski definition) is 1. The van der Waals surface area contributed by atoms with E-state index in [1.165, 1.54) is 6.42 Å². The molecule has 0 radical (unpaired) electrons. The van der Waals surface area contributed by atoms with Crippen molar-refractivity contribution < 1.29 is 5.11 Å². The molecule has 0 fully saturated rings. The Morgan fingerprint density at radius 1 is 1.53 bits per heavy atom. The average molecular weight is 208 g/mol. The van der Waals surface area contributed by atoms with Crippen LogP contribution in [0.2, 0.25) is 0 Å². The van der Waals surface area contributed by atoms with Crippen molar-refractivity contribution in [2.45, 2.75) is 32.8 Å². The van der Waals surface area contributed by atoms with E-state index in [1.807, 2.05) is 19.2 Å². The molecule has 3 nitrogen and oxygen atoms in total. The third kappa shape index (κ3) is 3.51. The number of nitrogens with zero attached hydrogens (tertiary/aromatic N) is 2. The molecule has 0 unspecified atom stereocenters. The molecule has 1 rings (SSSR count). The molecule has 1 atom stereocenters. The van der Waals surface area contributed by atoms with E-state index in [1.54, 1.807) is 13.1 Å². The summed E-state index contributed by atoms with van der Waals surface area (Å²) >= 11 is 0. The maximum absolute atomic E-state index is 9.46.